The molecule has 6 nitrogen and oxygen atoms in total. The Bertz CT molecular complexity index is 1240. The van der Waals surface area contributed by atoms with Crippen LogP contribution in [0.3, 0.4) is 0 Å². The topological polar surface area (TPSA) is 90.3 Å². The minimum Gasteiger partial charge on any atom is -0.375 e. The number of H-pyrrole nitrogens is 1. The van der Waals surface area contributed by atoms with Crippen LogP contribution in [0.4, 0.5) is 5.69 Å². The van der Waals surface area contributed by atoms with Gasteiger partial charge in [-0.15, -0.1) is 22.0 Å². The van der Waals surface area contributed by atoms with E-state index in [1.54, 1.807) is 30.1 Å². The van der Waals surface area contributed by atoms with E-state index >= 15 is 0 Å². The van der Waals surface area contributed by atoms with Gasteiger partial charge in [0.15, 0.2) is 5.82 Å². The standard InChI is InChI=1S/C22H18N6S/c23-17(15-4-7-19-20(12-15)29-13-25-19)5-8-21-26-22(28-27-21)11-14-3-6-18-16(10-14)2-1-9-24-18/h1-10,12,23,25H,11,13H2,(H,26,27,28)/b8-5-,23-17?. The van der Waals surface area contributed by atoms with Gasteiger partial charge in [-0.3, -0.25) is 4.98 Å². The normalized spacial score (nSPS) is 13.0. The van der Waals surface area contributed by atoms with Gasteiger partial charge in [-0.25, -0.2) is 0 Å². The maximum Gasteiger partial charge on any atom is 0.154 e. The number of nitrogens with zero attached hydrogens (tertiary/aromatic N) is 3. The Morgan fingerprint density at radius 1 is 1.14 bits per heavy atom. The van der Waals surface area contributed by atoms with Crippen LogP contribution in [0, 0.1) is 5.41 Å². The Kier molecular flexibility index (Phi) is 4.57. The van der Waals surface area contributed by atoms with Gasteiger partial charge >= 0.3 is 0 Å². The highest BCUT2D eigenvalue weighted by atomic mass is 32.2. The average Bonchev–Trinajstić information content (AvgIpc) is 3.40. The molecule has 5 rings (SSSR count). The van der Waals surface area contributed by atoms with Crippen molar-refractivity contribution in [2.24, 2.45) is 0 Å². The minimum atomic E-state index is 0.445. The molecule has 7 heteroatoms. The number of fused-ring (bicyclic) bond motifs is 2. The summed E-state index contributed by atoms with van der Waals surface area (Å²) in [7, 11) is 0. The van der Waals surface area contributed by atoms with E-state index in [1.807, 2.05) is 30.3 Å². The first kappa shape index (κ1) is 17.6. The van der Waals surface area contributed by atoms with E-state index in [2.05, 4.69) is 43.7 Å². The molecule has 0 atom stereocenters. The maximum absolute atomic E-state index is 8.32. The summed E-state index contributed by atoms with van der Waals surface area (Å²) in [5.41, 5.74) is 4.60. The molecular weight excluding hydrogens is 380 g/mol. The number of thioether (sulfide) groups is 1. The Labute approximate surface area is 172 Å². The zero-order valence-corrected chi connectivity index (χ0v) is 16.3. The number of nitrogens with one attached hydrogen (secondary N) is 3. The smallest absolute Gasteiger partial charge is 0.154 e. The molecular formula is C22H18N6S. The number of rotatable bonds is 5. The van der Waals surface area contributed by atoms with E-state index < -0.39 is 0 Å². The number of anilines is 1. The van der Waals surface area contributed by atoms with Gasteiger partial charge in [-0.1, -0.05) is 18.2 Å². The van der Waals surface area contributed by atoms with Gasteiger partial charge in [-0.05, 0) is 48.0 Å². The highest BCUT2D eigenvalue weighted by Crippen LogP contribution is 2.34. The third-order valence-corrected chi connectivity index (χ3v) is 5.72. The van der Waals surface area contributed by atoms with Crippen LogP contribution in [0.25, 0.3) is 17.0 Å². The van der Waals surface area contributed by atoms with E-state index in [-0.39, 0.29) is 0 Å². The van der Waals surface area contributed by atoms with Crippen LogP contribution < -0.4 is 5.32 Å². The highest BCUT2D eigenvalue weighted by molar-refractivity contribution is 7.99. The van der Waals surface area contributed by atoms with Gasteiger partial charge in [0.1, 0.15) is 5.82 Å². The second-order valence-corrected chi connectivity index (χ2v) is 7.80. The van der Waals surface area contributed by atoms with Gasteiger partial charge < -0.3 is 15.7 Å². The molecule has 1 aliphatic rings. The van der Waals surface area contributed by atoms with Crippen LogP contribution in [0.2, 0.25) is 0 Å². The summed E-state index contributed by atoms with van der Waals surface area (Å²) >= 11 is 1.75. The van der Waals surface area contributed by atoms with Crippen LogP contribution in [0.5, 0.6) is 0 Å². The minimum absolute atomic E-state index is 0.445. The summed E-state index contributed by atoms with van der Waals surface area (Å²) in [6.45, 7) is 0. The van der Waals surface area contributed by atoms with Gasteiger partial charge in [0.05, 0.1) is 17.1 Å². The lowest BCUT2D eigenvalue weighted by molar-refractivity contribution is 0.973. The molecule has 0 bridgehead atoms. The van der Waals surface area contributed by atoms with Crippen molar-refractivity contribution >= 4 is 40.1 Å². The van der Waals surface area contributed by atoms with Crippen molar-refractivity contribution in [2.75, 3.05) is 11.2 Å². The van der Waals surface area contributed by atoms with Crippen LogP contribution in [-0.2, 0) is 6.42 Å². The molecule has 29 heavy (non-hydrogen) atoms. The van der Waals surface area contributed by atoms with Gasteiger partial charge in [0.2, 0.25) is 0 Å². The largest absolute Gasteiger partial charge is 0.375 e. The second-order valence-electron chi connectivity index (χ2n) is 6.79. The maximum atomic E-state index is 8.32. The molecule has 2 aromatic heterocycles. The number of pyridine rings is 1. The SMILES string of the molecule is N=C(/C=C\c1nnc(Cc2ccc3ncccc3c2)[nH]1)c1ccc2c(c1)SCN2. The van der Waals surface area contributed by atoms with Crippen molar-refractivity contribution in [1.29, 1.82) is 5.41 Å². The predicted molar refractivity (Wildman–Crippen MR) is 118 cm³/mol. The van der Waals surface area contributed by atoms with Crippen molar-refractivity contribution in [3.63, 3.8) is 0 Å². The molecule has 0 aliphatic carbocycles. The molecule has 0 saturated carbocycles. The number of hydrogen-bond acceptors (Lipinski definition) is 6. The second kappa shape index (κ2) is 7.52. The molecule has 142 valence electrons. The first-order valence-electron chi connectivity index (χ1n) is 9.27. The summed E-state index contributed by atoms with van der Waals surface area (Å²) in [5, 5.41) is 21.2. The fraction of sp³-hybridized carbons (Fsp3) is 0.0909. The first-order chi connectivity index (χ1) is 14.2. The van der Waals surface area contributed by atoms with E-state index in [9.17, 15) is 0 Å². The molecule has 3 heterocycles. The number of aromatic amines is 1. The molecule has 3 N–H and O–H groups in total. The first-order valence-corrected chi connectivity index (χ1v) is 10.3. The summed E-state index contributed by atoms with van der Waals surface area (Å²) < 4.78 is 0. The molecule has 0 fully saturated rings. The monoisotopic (exact) mass is 398 g/mol. The Morgan fingerprint density at radius 3 is 3.07 bits per heavy atom. The van der Waals surface area contributed by atoms with E-state index in [0.29, 0.717) is 18.0 Å². The summed E-state index contributed by atoms with van der Waals surface area (Å²) in [6.07, 6.45) is 6.01. The van der Waals surface area contributed by atoms with Crippen molar-refractivity contribution in [3.8, 4) is 0 Å². The van der Waals surface area contributed by atoms with E-state index in [0.717, 1.165) is 39.4 Å². The molecule has 0 amide bonds. The summed E-state index contributed by atoms with van der Waals surface area (Å²) in [4.78, 5) is 8.76. The number of allylic oxidation sites excluding steroid dienone is 1. The molecule has 1 aliphatic heterocycles. The Balaban J connectivity index is 1.28. The molecule has 2 aromatic carbocycles. The number of aromatic nitrogens is 4. The van der Waals surface area contributed by atoms with Crippen molar-refractivity contribution < 1.29 is 0 Å². The quantitative estimate of drug-likeness (QED) is 0.431. The van der Waals surface area contributed by atoms with Gasteiger partial charge in [0.25, 0.3) is 0 Å². The molecule has 0 spiro atoms. The summed E-state index contributed by atoms with van der Waals surface area (Å²) in [6, 6.07) is 16.2. The highest BCUT2D eigenvalue weighted by Gasteiger charge is 2.11. The van der Waals surface area contributed by atoms with Crippen LogP contribution in [0.1, 0.15) is 22.8 Å². The number of benzene rings is 2. The third kappa shape index (κ3) is 3.77. The van der Waals surface area contributed by atoms with Crippen LogP contribution >= 0.6 is 11.8 Å². The Hall–Kier alpha value is -3.45. The lowest BCUT2D eigenvalue weighted by Gasteiger charge is -2.02. The van der Waals surface area contributed by atoms with E-state index in [4.69, 9.17) is 5.41 Å². The molecule has 0 radical (unpaired) electrons. The zero-order chi connectivity index (χ0) is 19.6. The molecule has 0 saturated heterocycles. The van der Waals surface area contributed by atoms with E-state index in [1.165, 1.54) is 4.90 Å². The van der Waals surface area contributed by atoms with Crippen molar-refractivity contribution in [1.82, 2.24) is 20.2 Å². The van der Waals surface area contributed by atoms with Crippen molar-refractivity contribution in [2.45, 2.75) is 11.3 Å². The van der Waals surface area contributed by atoms with Gasteiger partial charge in [0, 0.05) is 34.2 Å². The third-order valence-electron chi connectivity index (χ3n) is 4.78. The average molecular weight is 398 g/mol. The van der Waals surface area contributed by atoms with Crippen LogP contribution in [-0.4, -0.2) is 31.8 Å². The lowest BCUT2D eigenvalue weighted by atomic mass is 10.1. The zero-order valence-electron chi connectivity index (χ0n) is 15.5. The summed E-state index contributed by atoms with van der Waals surface area (Å²) in [5.74, 6) is 2.32. The molecule has 0 unspecified atom stereocenters. The Morgan fingerprint density at radius 2 is 2.10 bits per heavy atom. The fourth-order valence-electron chi connectivity index (χ4n) is 3.30. The molecule has 4 aromatic rings. The predicted octanol–water partition coefficient (Wildman–Crippen LogP) is 4.50. The van der Waals surface area contributed by atoms with Crippen LogP contribution in [0.15, 0.2) is 65.7 Å². The lowest BCUT2D eigenvalue weighted by Crippen LogP contribution is -1.95. The van der Waals surface area contributed by atoms with Crippen molar-refractivity contribution in [3.05, 3.63) is 83.6 Å². The number of hydrogen-bond donors (Lipinski definition) is 3. The fourth-order valence-corrected chi connectivity index (χ4v) is 4.19. The van der Waals surface area contributed by atoms with Gasteiger partial charge in [-0.2, -0.15) is 0 Å².